The maximum Gasteiger partial charge on any atom is 0.268 e. The van der Waals surface area contributed by atoms with Crippen molar-refractivity contribution >= 4 is 16.3 Å². The molecule has 3 heterocycles. The summed E-state index contributed by atoms with van der Waals surface area (Å²) in [5.74, 6) is 0.829. The van der Waals surface area contributed by atoms with Crippen molar-refractivity contribution in [2.75, 3.05) is 5.73 Å². The highest BCUT2D eigenvalue weighted by atomic mass is 32.1. The largest absolute Gasteiger partial charge is 0.391 e. The standard InChI is InChI=1S/C8H6N6OS/c9-6-2-1-5(16-6)8-11-7(13-15-8)4-3-10-14-12-4/h1-3H,9H2,(H,10,12,14). The van der Waals surface area contributed by atoms with Crippen molar-refractivity contribution in [2.45, 2.75) is 0 Å². The zero-order valence-corrected chi connectivity index (χ0v) is 8.73. The Labute approximate surface area is 93.3 Å². The zero-order valence-electron chi connectivity index (χ0n) is 7.91. The van der Waals surface area contributed by atoms with Crippen LogP contribution in [0.3, 0.4) is 0 Å². The zero-order chi connectivity index (χ0) is 11.0. The maximum absolute atomic E-state index is 5.62. The number of hydrogen-bond donors (Lipinski definition) is 2. The molecule has 3 aromatic rings. The molecule has 7 nitrogen and oxygen atoms in total. The van der Waals surface area contributed by atoms with Gasteiger partial charge in [0.2, 0.25) is 5.82 Å². The van der Waals surface area contributed by atoms with E-state index in [1.165, 1.54) is 17.5 Å². The molecule has 3 aromatic heterocycles. The van der Waals surface area contributed by atoms with Gasteiger partial charge < -0.3 is 10.3 Å². The quantitative estimate of drug-likeness (QED) is 0.689. The molecule has 3 rings (SSSR count). The number of nitrogen functional groups attached to an aromatic ring is 1. The summed E-state index contributed by atoms with van der Waals surface area (Å²) in [6, 6.07) is 3.63. The monoisotopic (exact) mass is 234 g/mol. The van der Waals surface area contributed by atoms with Crippen LogP contribution in [0.2, 0.25) is 0 Å². The fourth-order valence-electron chi connectivity index (χ4n) is 1.20. The van der Waals surface area contributed by atoms with Gasteiger partial charge in [-0.1, -0.05) is 5.16 Å². The second-order valence-electron chi connectivity index (χ2n) is 2.98. The SMILES string of the molecule is Nc1ccc(-c2nc(-c3cn[nH]n3)no2)s1. The molecule has 0 radical (unpaired) electrons. The van der Waals surface area contributed by atoms with Gasteiger partial charge in [0.25, 0.3) is 5.89 Å². The smallest absolute Gasteiger partial charge is 0.268 e. The minimum atomic E-state index is 0.399. The lowest BCUT2D eigenvalue weighted by molar-refractivity contribution is 0.433. The molecule has 8 heteroatoms. The van der Waals surface area contributed by atoms with E-state index < -0.39 is 0 Å². The third-order valence-corrected chi connectivity index (χ3v) is 2.81. The number of aromatic amines is 1. The third-order valence-electron chi connectivity index (χ3n) is 1.91. The summed E-state index contributed by atoms with van der Waals surface area (Å²) in [5, 5.41) is 14.5. The lowest BCUT2D eigenvalue weighted by atomic mass is 10.4. The molecule has 0 aromatic carbocycles. The first-order valence-corrected chi connectivity index (χ1v) is 5.20. The van der Waals surface area contributed by atoms with Crippen molar-refractivity contribution in [3.63, 3.8) is 0 Å². The van der Waals surface area contributed by atoms with Gasteiger partial charge in [-0.15, -0.1) is 11.3 Å². The molecule has 0 unspecified atom stereocenters. The van der Waals surface area contributed by atoms with Gasteiger partial charge >= 0.3 is 0 Å². The fraction of sp³-hybridized carbons (Fsp3) is 0. The third kappa shape index (κ3) is 1.44. The van der Waals surface area contributed by atoms with E-state index in [0.29, 0.717) is 22.4 Å². The van der Waals surface area contributed by atoms with E-state index in [2.05, 4.69) is 25.6 Å². The number of aromatic nitrogens is 5. The Balaban J connectivity index is 2.00. The number of thiophene rings is 1. The van der Waals surface area contributed by atoms with Crippen LogP contribution < -0.4 is 5.73 Å². The lowest BCUT2D eigenvalue weighted by Gasteiger charge is -1.83. The van der Waals surface area contributed by atoms with Crippen LogP contribution in [0, 0.1) is 0 Å². The van der Waals surface area contributed by atoms with Crippen molar-refractivity contribution in [3.05, 3.63) is 18.3 Å². The van der Waals surface area contributed by atoms with Crippen LogP contribution in [0.5, 0.6) is 0 Å². The van der Waals surface area contributed by atoms with Crippen molar-refractivity contribution in [1.82, 2.24) is 25.6 Å². The molecular formula is C8H6N6OS. The Morgan fingerprint density at radius 3 is 3.00 bits per heavy atom. The molecule has 0 saturated carbocycles. The number of anilines is 1. The molecule has 0 saturated heterocycles. The Bertz CT molecular complexity index is 598. The minimum Gasteiger partial charge on any atom is -0.391 e. The topological polar surface area (TPSA) is 107 Å². The second kappa shape index (κ2) is 3.42. The van der Waals surface area contributed by atoms with Crippen molar-refractivity contribution in [1.29, 1.82) is 0 Å². The van der Waals surface area contributed by atoms with Crippen molar-refractivity contribution < 1.29 is 4.52 Å². The number of rotatable bonds is 2. The predicted octanol–water partition coefficient (Wildman–Crippen LogP) is 1.17. The van der Waals surface area contributed by atoms with E-state index in [9.17, 15) is 0 Å². The second-order valence-corrected chi connectivity index (χ2v) is 4.10. The van der Waals surface area contributed by atoms with Crippen LogP contribution in [0.1, 0.15) is 0 Å². The number of H-pyrrole nitrogens is 1. The fourth-order valence-corrected chi connectivity index (χ4v) is 1.90. The Morgan fingerprint density at radius 2 is 2.31 bits per heavy atom. The number of nitrogens with zero attached hydrogens (tertiary/aromatic N) is 4. The van der Waals surface area contributed by atoms with E-state index >= 15 is 0 Å². The van der Waals surface area contributed by atoms with Crippen LogP contribution in [-0.2, 0) is 0 Å². The van der Waals surface area contributed by atoms with Gasteiger partial charge in [-0.05, 0) is 12.1 Å². The maximum atomic E-state index is 5.62. The van der Waals surface area contributed by atoms with Gasteiger partial charge in [0, 0.05) is 0 Å². The van der Waals surface area contributed by atoms with E-state index in [-0.39, 0.29) is 0 Å². The van der Waals surface area contributed by atoms with E-state index in [0.717, 1.165) is 4.88 Å². The first-order valence-electron chi connectivity index (χ1n) is 4.38. The van der Waals surface area contributed by atoms with Gasteiger partial charge in [0.05, 0.1) is 16.1 Å². The molecule has 80 valence electrons. The summed E-state index contributed by atoms with van der Waals surface area (Å²) >= 11 is 1.39. The van der Waals surface area contributed by atoms with Crippen LogP contribution in [0.25, 0.3) is 22.3 Å². The molecule has 16 heavy (non-hydrogen) atoms. The molecule has 0 atom stereocenters. The first-order chi connectivity index (χ1) is 7.83. The summed E-state index contributed by atoms with van der Waals surface area (Å²) in [5.41, 5.74) is 6.16. The molecule has 0 fully saturated rings. The van der Waals surface area contributed by atoms with Gasteiger partial charge in [0.1, 0.15) is 0 Å². The number of nitrogens with two attached hydrogens (primary N) is 1. The highest BCUT2D eigenvalue weighted by Gasteiger charge is 2.13. The molecule has 0 spiro atoms. The Morgan fingerprint density at radius 1 is 1.38 bits per heavy atom. The van der Waals surface area contributed by atoms with Gasteiger partial charge in [-0.25, -0.2) is 0 Å². The van der Waals surface area contributed by atoms with Gasteiger partial charge in [-0.2, -0.15) is 20.4 Å². The van der Waals surface area contributed by atoms with Crippen molar-refractivity contribution in [3.8, 4) is 22.3 Å². The van der Waals surface area contributed by atoms with E-state index in [1.54, 1.807) is 6.07 Å². The van der Waals surface area contributed by atoms with E-state index in [4.69, 9.17) is 10.3 Å². The molecular weight excluding hydrogens is 228 g/mol. The first kappa shape index (κ1) is 9.04. The summed E-state index contributed by atoms with van der Waals surface area (Å²) in [7, 11) is 0. The van der Waals surface area contributed by atoms with Gasteiger partial charge in [0.15, 0.2) is 5.69 Å². The summed E-state index contributed by atoms with van der Waals surface area (Å²) < 4.78 is 5.10. The minimum absolute atomic E-state index is 0.399. The van der Waals surface area contributed by atoms with E-state index in [1.807, 2.05) is 6.07 Å². The van der Waals surface area contributed by atoms with Gasteiger partial charge in [-0.3, -0.25) is 0 Å². The van der Waals surface area contributed by atoms with Crippen LogP contribution in [0.15, 0.2) is 22.9 Å². The molecule has 0 aliphatic rings. The molecule has 3 N–H and O–H groups in total. The summed E-state index contributed by atoms with van der Waals surface area (Å²) in [6.07, 6.45) is 1.53. The van der Waals surface area contributed by atoms with Crippen molar-refractivity contribution in [2.24, 2.45) is 0 Å². The average molecular weight is 234 g/mol. The summed E-state index contributed by atoms with van der Waals surface area (Å²) in [6.45, 7) is 0. The molecule has 0 amide bonds. The highest BCUT2D eigenvalue weighted by molar-refractivity contribution is 7.19. The highest BCUT2D eigenvalue weighted by Crippen LogP contribution is 2.29. The summed E-state index contributed by atoms with van der Waals surface area (Å²) in [4.78, 5) is 5.02. The number of nitrogens with one attached hydrogen (secondary N) is 1. The number of hydrogen-bond acceptors (Lipinski definition) is 7. The predicted molar refractivity (Wildman–Crippen MR) is 57.4 cm³/mol. The van der Waals surface area contributed by atoms with Crippen LogP contribution in [0.4, 0.5) is 5.00 Å². The molecule has 0 aliphatic heterocycles. The Hall–Kier alpha value is -2.22. The Kier molecular flexibility index (Phi) is 1.93. The van der Waals surface area contributed by atoms with Crippen LogP contribution in [-0.4, -0.2) is 25.6 Å². The van der Waals surface area contributed by atoms with Crippen LogP contribution >= 0.6 is 11.3 Å². The lowest BCUT2D eigenvalue weighted by Crippen LogP contribution is -1.80. The normalized spacial score (nSPS) is 10.8. The molecule has 0 aliphatic carbocycles. The molecule has 0 bridgehead atoms. The average Bonchev–Trinajstić information content (AvgIpc) is 2.97.